The summed E-state index contributed by atoms with van der Waals surface area (Å²) in [4.78, 5) is 27.3. The van der Waals surface area contributed by atoms with Crippen LogP contribution in [0.4, 0.5) is 0 Å². The van der Waals surface area contributed by atoms with Crippen molar-refractivity contribution in [3.05, 3.63) is 27.4 Å². The maximum atomic E-state index is 12.1. The second-order valence-corrected chi connectivity index (χ2v) is 5.49. The Hall–Kier alpha value is -1.65. The van der Waals surface area contributed by atoms with E-state index in [4.69, 9.17) is 0 Å². The molecule has 1 N–H and O–H groups in total. The molecule has 0 aliphatic heterocycles. The summed E-state index contributed by atoms with van der Waals surface area (Å²) in [6, 6.07) is 0.0975. The van der Waals surface area contributed by atoms with Crippen molar-refractivity contribution in [3.63, 3.8) is 0 Å². The highest BCUT2D eigenvalue weighted by Crippen LogP contribution is 2.39. The SMILES string of the molecule is Cc1nc(=O)n(C(C)C2CC2)c(C)c1C(C)C(=O)O. The van der Waals surface area contributed by atoms with Gasteiger partial charge in [-0.3, -0.25) is 9.36 Å². The Balaban J connectivity index is 2.58. The number of hydrogen-bond donors (Lipinski definition) is 1. The fourth-order valence-corrected chi connectivity index (χ4v) is 2.81. The third-order valence-corrected chi connectivity index (χ3v) is 4.13. The van der Waals surface area contributed by atoms with Crippen molar-refractivity contribution in [2.45, 2.75) is 52.5 Å². The minimum Gasteiger partial charge on any atom is -0.481 e. The van der Waals surface area contributed by atoms with Crippen molar-refractivity contribution in [1.82, 2.24) is 9.55 Å². The molecule has 2 unspecified atom stereocenters. The average Bonchev–Trinajstić information content (AvgIpc) is 3.11. The molecule has 5 nitrogen and oxygen atoms in total. The van der Waals surface area contributed by atoms with Crippen LogP contribution in [0.1, 0.15) is 55.6 Å². The molecule has 0 aromatic carbocycles. The molecule has 2 rings (SSSR count). The zero-order chi connectivity index (χ0) is 14.3. The molecule has 1 aromatic rings. The summed E-state index contributed by atoms with van der Waals surface area (Å²) in [5.74, 6) is -1.02. The monoisotopic (exact) mass is 264 g/mol. The normalized spacial score (nSPS) is 18.1. The highest BCUT2D eigenvalue weighted by atomic mass is 16.4. The predicted octanol–water partition coefficient (Wildman–Crippen LogP) is 2.02. The van der Waals surface area contributed by atoms with E-state index in [0.29, 0.717) is 17.2 Å². The molecule has 2 atom stereocenters. The number of rotatable bonds is 4. The molecule has 5 heteroatoms. The summed E-state index contributed by atoms with van der Waals surface area (Å²) < 4.78 is 1.67. The quantitative estimate of drug-likeness (QED) is 0.903. The third-order valence-electron chi connectivity index (χ3n) is 4.13. The van der Waals surface area contributed by atoms with Crippen molar-refractivity contribution in [2.75, 3.05) is 0 Å². The molecule has 0 spiro atoms. The Kier molecular flexibility index (Phi) is 3.47. The summed E-state index contributed by atoms with van der Waals surface area (Å²) in [7, 11) is 0. The Morgan fingerprint density at radius 1 is 1.37 bits per heavy atom. The molecular formula is C14H20N2O3. The van der Waals surface area contributed by atoms with E-state index in [1.54, 1.807) is 18.4 Å². The topological polar surface area (TPSA) is 72.2 Å². The van der Waals surface area contributed by atoms with Gasteiger partial charge in [0.1, 0.15) is 0 Å². The van der Waals surface area contributed by atoms with Crippen LogP contribution in [-0.2, 0) is 4.79 Å². The molecular weight excluding hydrogens is 244 g/mol. The molecule has 0 bridgehead atoms. The second kappa shape index (κ2) is 4.79. The van der Waals surface area contributed by atoms with Gasteiger partial charge in [-0.05, 0) is 46.5 Å². The molecule has 1 heterocycles. The summed E-state index contributed by atoms with van der Waals surface area (Å²) in [6.07, 6.45) is 2.26. The molecule has 0 saturated heterocycles. The van der Waals surface area contributed by atoms with E-state index in [1.807, 2.05) is 13.8 Å². The first-order valence-electron chi connectivity index (χ1n) is 6.67. The Bertz CT molecular complexity index is 573. The molecule has 1 fully saturated rings. The number of aliphatic carboxylic acids is 1. The lowest BCUT2D eigenvalue weighted by atomic mass is 9.97. The van der Waals surface area contributed by atoms with E-state index in [2.05, 4.69) is 4.98 Å². The second-order valence-electron chi connectivity index (χ2n) is 5.49. The fraction of sp³-hybridized carbons (Fsp3) is 0.643. The number of hydrogen-bond acceptors (Lipinski definition) is 3. The van der Waals surface area contributed by atoms with Gasteiger partial charge in [-0.1, -0.05) is 0 Å². The molecule has 1 aliphatic rings. The van der Waals surface area contributed by atoms with Gasteiger partial charge in [0.2, 0.25) is 0 Å². The Morgan fingerprint density at radius 3 is 2.42 bits per heavy atom. The van der Waals surface area contributed by atoms with Gasteiger partial charge in [-0.2, -0.15) is 4.98 Å². The van der Waals surface area contributed by atoms with Crippen LogP contribution in [0.15, 0.2) is 4.79 Å². The zero-order valence-corrected chi connectivity index (χ0v) is 11.8. The van der Waals surface area contributed by atoms with E-state index in [0.717, 1.165) is 18.5 Å². The maximum Gasteiger partial charge on any atom is 0.348 e. The molecule has 19 heavy (non-hydrogen) atoms. The van der Waals surface area contributed by atoms with Crippen LogP contribution in [0.25, 0.3) is 0 Å². The van der Waals surface area contributed by atoms with E-state index in [-0.39, 0.29) is 11.7 Å². The summed E-state index contributed by atoms with van der Waals surface area (Å²) in [6.45, 7) is 7.17. The van der Waals surface area contributed by atoms with Gasteiger partial charge >= 0.3 is 11.7 Å². The van der Waals surface area contributed by atoms with Crippen LogP contribution in [0.5, 0.6) is 0 Å². The van der Waals surface area contributed by atoms with Crippen molar-refractivity contribution >= 4 is 5.97 Å². The Morgan fingerprint density at radius 2 is 1.95 bits per heavy atom. The Labute approximate surface area is 112 Å². The van der Waals surface area contributed by atoms with Gasteiger partial charge in [-0.25, -0.2) is 4.79 Å². The largest absolute Gasteiger partial charge is 0.481 e. The minimum absolute atomic E-state index is 0.0975. The van der Waals surface area contributed by atoms with Crippen LogP contribution in [0.3, 0.4) is 0 Å². The molecule has 1 saturated carbocycles. The highest BCUT2D eigenvalue weighted by molar-refractivity contribution is 5.76. The number of aryl methyl sites for hydroxylation is 1. The van der Waals surface area contributed by atoms with Crippen molar-refractivity contribution in [2.24, 2.45) is 5.92 Å². The van der Waals surface area contributed by atoms with Crippen LogP contribution in [-0.4, -0.2) is 20.6 Å². The fourth-order valence-electron chi connectivity index (χ4n) is 2.81. The van der Waals surface area contributed by atoms with Gasteiger partial charge in [0.15, 0.2) is 0 Å². The number of carbonyl (C=O) groups is 1. The summed E-state index contributed by atoms with van der Waals surface area (Å²) >= 11 is 0. The van der Waals surface area contributed by atoms with E-state index in [1.165, 1.54) is 0 Å². The summed E-state index contributed by atoms with van der Waals surface area (Å²) in [5, 5.41) is 9.19. The van der Waals surface area contributed by atoms with Crippen LogP contribution >= 0.6 is 0 Å². The smallest absolute Gasteiger partial charge is 0.348 e. The van der Waals surface area contributed by atoms with Gasteiger partial charge < -0.3 is 5.11 Å². The molecule has 1 aromatic heterocycles. The van der Waals surface area contributed by atoms with E-state index >= 15 is 0 Å². The van der Waals surface area contributed by atoms with Crippen LogP contribution in [0, 0.1) is 19.8 Å². The number of carboxylic acids is 1. The van der Waals surface area contributed by atoms with Crippen molar-refractivity contribution in [1.29, 1.82) is 0 Å². The van der Waals surface area contributed by atoms with Gasteiger partial charge in [0, 0.05) is 23.0 Å². The zero-order valence-electron chi connectivity index (χ0n) is 11.8. The average molecular weight is 264 g/mol. The number of nitrogens with zero attached hydrogens (tertiary/aromatic N) is 2. The number of carboxylic acid groups (broad SMARTS) is 1. The lowest BCUT2D eigenvalue weighted by Crippen LogP contribution is -2.32. The maximum absolute atomic E-state index is 12.1. The summed E-state index contributed by atoms with van der Waals surface area (Å²) in [5.41, 5.74) is 1.67. The lowest BCUT2D eigenvalue weighted by Gasteiger charge is -2.22. The van der Waals surface area contributed by atoms with Crippen molar-refractivity contribution < 1.29 is 9.90 Å². The van der Waals surface area contributed by atoms with Crippen LogP contribution in [0.2, 0.25) is 0 Å². The first-order valence-corrected chi connectivity index (χ1v) is 6.67. The van der Waals surface area contributed by atoms with Gasteiger partial charge in [0.05, 0.1) is 5.92 Å². The standard InChI is InChI=1S/C14H20N2O3/c1-7(13(17)18)12-8(2)15-14(19)16(10(12)4)9(3)11-5-6-11/h7,9,11H,5-6H2,1-4H3,(H,17,18). The first kappa shape index (κ1) is 13.8. The molecule has 1 aliphatic carbocycles. The predicted molar refractivity (Wildman–Crippen MR) is 71.5 cm³/mol. The van der Waals surface area contributed by atoms with E-state index < -0.39 is 11.9 Å². The molecule has 104 valence electrons. The number of aromatic nitrogens is 2. The molecule has 0 radical (unpaired) electrons. The van der Waals surface area contributed by atoms with Gasteiger partial charge in [-0.15, -0.1) is 0 Å². The van der Waals surface area contributed by atoms with Crippen molar-refractivity contribution in [3.8, 4) is 0 Å². The third kappa shape index (κ3) is 2.41. The minimum atomic E-state index is -0.891. The van der Waals surface area contributed by atoms with E-state index in [9.17, 15) is 14.7 Å². The molecule has 0 amide bonds. The van der Waals surface area contributed by atoms with Crippen LogP contribution < -0.4 is 5.69 Å². The first-order chi connectivity index (χ1) is 8.84. The highest BCUT2D eigenvalue weighted by Gasteiger charge is 2.32. The van der Waals surface area contributed by atoms with Gasteiger partial charge in [0.25, 0.3) is 0 Å². The lowest BCUT2D eigenvalue weighted by molar-refractivity contribution is -0.138.